The van der Waals surface area contributed by atoms with Gasteiger partial charge in [-0.05, 0) is 77.1 Å². The van der Waals surface area contributed by atoms with Crippen LogP contribution >= 0.6 is 18.7 Å². The summed E-state index contributed by atoms with van der Waals surface area (Å²) in [5, 5.41) is 7.57. The molecule has 2 saturated heterocycles. The van der Waals surface area contributed by atoms with Crippen molar-refractivity contribution in [3.05, 3.63) is 47.1 Å². The molecule has 0 atom stereocenters. The van der Waals surface area contributed by atoms with E-state index in [1.807, 2.05) is 56.0 Å². The Morgan fingerprint density at radius 2 is 1.71 bits per heavy atom. The summed E-state index contributed by atoms with van der Waals surface area (Å²) in [6, 6.07) is 9.95. The summed E-state index contributed by atoms with van der Waals surface area (Å²) in [4.78, 5) is 33.2. The third kappa shape index (κ3) is 8.70. The van der Waals surface area contributed by atoms with E-state index < -0.39 is 12.7 Å². The average Bonchev–Trinajstić information content (AvgIpc) is 3.05. The fraction of sp³-hybridized carbons (Fsp3) is 0.529. The van der Waals surface area contributed by atoms with Crippen LogP contribution in [-0.4, -0.2) is 102 Å². The van der Waals surface area contributed by atoms with E-state index in [4.69, 9.17) is 26.1 Å². The van der Waals surface area contributed by atoms with E-state index in [1.165, 1.54) is 6.20 Å². The Morgan fingerprint density at radius 1 is 1.02 bits per heavy atom. The van der Waals surface area contributed by atoms with Crippen LogP contribution in [0.1, 0.15) is 46.1 Å². The van der Waals surface area contributed by atoms with Gasteiger partial charge in [-0.3, -0.25) is 4.90 Å². The molecule has 0 radical (unpaired) electrons. The summed E-state index contributed by atoms with van der Waals surface area (Å²) in [7, 11) is -0.943. The van der Waals surface area contributed by atoms with Crippen molar-refractivity contribution in [3.8, 4) is 5.88 Å². The minimum absolute atomic E-state index is 0.228. The molecule has 0 bridgehead atoms. The summed E-state index contributed by atoms with van der Waals surface area (Å²) in [6.07, 6.45) is 4.11. The van der Waals surface area contributed by atoms with E-state index in [0.29, 0.717) is 58.5 Å². The van der Waals surface area contributed by atoms with Crippen LogP contribution in [0.25, 0.3) is 0 Å². The predicted molar refractivity (Wildman–Crippen MR) is 194 cm³/mol. The molecule has 0 spiro atoms. The number of halogens is 1. The highest BCUT2D eigenvalue weighted by molar-refractivity contribution is 7.70. The van der Waals surface area contributed by atoms with Crippen molar-refractivity contribution in [1.82, 2.24) is 24.8 Å². The summed E-state index contributed by atoms with van der Waals surface area (Å²) >= 11 is 6.48. The fourth-order valence-electron chi connectivity index (χ4n) is 6.16. The zero-order valence-electron chi connectivity index (χ0n) is 29.0. The maximum absolute atomic E-state index is 12.9. The summed E-state index contributed by atoms with van der Waals surface area (Å²) in [5.41, 5.74) is 1.93. The first-order chi connectivity index (χ1) is 22.8. The van der Waals surface area contributed by atoms with Gasteiger partial charge in [-0.2, -0.15) is 9.97 Å². The van der Waals surface area contributed by atoms with Gasteiger partial charge >= 0.3 is 6.09 Å². The number of carbonyl (C=O) groups is 1. The Bertz CT molecular complexity index is 1650. The largest absolute Gasteiger partial charge is 0.479 e. The maximum Gasteiger partial charge on any atom is 0.410 e. The molecule has 0 unspecified atom stereocenters. The number of amides is 1. The Morgan fingerprint density at radius 3 is 2.33 bits per heavy atom. The molecule has 12 nitrogen and oxygen atoms in total. The highest BCUT2D eigenvalue weighted by atomic mass is 35.5. The second-order valence-electron chi connectivity index (χ2n) is 13.6. The highest BCUT2D eigenvalue weighted by Gasteiger charge is 2.32. The summed E-state index contributed by atoms with van der Waals surface area (Å²) in [6.45, 7) is 16.1. The molecule has 1 aromatic carbocycles. The molecular formula is C34H48ClN8O4P. The molecule has 4 heterocycles. The van der Waals surface area contributed by atoms with Gasteiger partial charge in [0.15, 0.2) is 5.82 Å². The summed E-state index contributed by atoms with van der Waals surface area (Å²) in [5.74, 6) is 2.08. The van der Waals surface area contributed by atoms with Gasteiger partial charge in [0, 0.05) is 50.6 Å². The van der Waals surface area contributed by atoms with Crippen LogP contribution in [0.15, 0.2) is 36.5 Å². The van der Waals surface area contributed by atoms with Crippen LogP contribution in [0, 0.1) is 0 Å². The lowest BCUT2D eigenvalue weighted by Crippen LogP contribution is -2.55. The lowest BCUT2D eigenvalue weighted by atomic mass is 10.0. The van der Waals surface area contributed by atoms with Crippen molar-refractivity contribution >= 4 is 59.1 Å². The standard InChI is InChI=1S/C34H48ClN8O4P/c1-8-23-21-27(38-32-36-22-25(35)29(39-32)37-26-11-9-10-12-28(26)48(6,7)45)31(46-5)40-30(23)42-15-13-24(14-16-42)41-17-19-43(20-18-41)33(44)47-34(2,3)4/h9-12,21-22,24H,8,13-20H2,1-7H3,(H2,36,37,38,39). The number of hydrogen-bond donors (Lipinski definition) is 2. The minimum atomic E-state index is -2.55. The van der Waals surface area contributed by atoms with Gasteiger partial charge in [0.25, 0.3) is 0 Å². The van der Waals surface area contributed by atoms with Crippen LogP contribution in [0.3, 0.4) is 0 Å². The Hall–Kier alpha value is -3.60. The summed E-state index contributed by atoms with van der Waals surface area (Å²) < 4.78 is 24.2. The monoisotopic (exact) mass is 698 g/mol. The van der Waals surface area contributed by atoms with Crippen LogP contribution in [0.4, 0.5) is 33.8 Å². The van der Waals surface area contributed by atoms with Gasteiger partial charge in [-0.1, -0.05) is 30.7 Å². The minimum Gasteiger partial charge on any atom is -0.479 e. The molecule has 14 heteroatoms. The number of carbonyl (C=O) groups excluding carboxylic acids is 1. The van der Waals surface area contributed by atoms with Crippen LogP contribution in [0.5, 0.6) is 5.88 Å². The van der Waals surface area contributed by atoms with Gasteiger partial charge in [0.05, 0.1) is 19.0 Å². The number of methoxy groups -OCH3 is 1. The van der Waals surface area contributed by atoms with Crippen molar-refractivity contribution in [2.45, 2.75) is 58.6 Å². The third-order valence-electron chi connectivity index (χ3n) is 8.59. The van der Waals surface area contributed by atoms with Crippen molar-refractivity contribution in [2.24, 2.45) is 0 Å². The molecule has 0 saturated carbocycles. The number of benzene rings is 1. The van der Waals surface area contributed by atoms with E-state index >= 15 is 0 Å². The third-order valence-corrected chi connectivity index (χ3v) is 10.4. The fourth-order valence-corrected chi connectivity index (χ4v) is 7.45. The van der Waals surface area contributed by atoms with E-state index in [1.54, 1.807) is 20.4 Å². The van der Waals surface area contributed by atoms with Crippen molar-refractivity contribution in [2.75, 3.05) is 75.2 Å². The molecule has 2 aromatic heterocycles. The number of nitrogens with one attached hydrogen (secondary N) is 2. The van der Waals surface area contributed by atoms with Gasteiger partial charge in [0.2, 0.25) is 11.8 Å². The Labute approximate surface area is 288 Å². The highest BCUT2D eigenvalue weighted by Crippen LogP contribution is 2.39. The number of pyridine rings is 1. The van der Waals surface area contributed by atoms with Gasteiger partial charge in [-0.25, -0.2) is 9.78 Å². The number of aromatic nitrogens is 3. The molecule has 0 aliphatic carbocycles. The quantitative estimate of drug-likeness (QED) is 0.243. The number of rotatable bonds is 9. The first-order valence-electron chi connectivity index (χ1n) is 16.5. The van der Waals surface area contributed by atoms with Crippen molar-refractivity contribution < 1.29 is 18.8 Å². The Balaban J connectivity index is 1.25. The van der Waals surface area contributed by atoms with Gasteiger partial charge < -0.3 is 34.5 Å². The Kier molecular flexibility index (Phi) is 11.1. The maximum atomic E-state index is 12.9. The number of anilines is 5. The van der Waals surface area contributed by atoms with E-state index in [0.717, 1.165) is 56.8 Å². The smallest absolute Gasteiger partial charge is 0.410 e. The molecule has 3 aromatic rings. The van der Waals surface area contributed by atoms with Crippen LogP contribution in [-0.2, 0) is 15.7 Å². The molecule has 2 aliphatic heterocycles. The van der Waals surface area contributed by atoms with E-state index in [9.17, 15) is 9.36 Å². The second kappa shape index (κ2) is 14.9. The molecule has 260 valence electrons. The SMILES string of the molecule is CCc1cc(Nc2ncc(Cl)c(Nc3ccccc3P(C)(C)=O)n2)c(OC)nc1N1CCC(N2CCN(C(=O)OC(C)(C)C)CC2)CC1. The number of nitrogens with zero attached hydrogens (tertiary/aromatic N) is 6. The molecule has 2 N–H and O–H groups in total. The number of aryl methyl sites for hydroxylation is 1. The second-order valence-corrected chi connectivity index (χ2v) is 17.2. The van der Waals surface area contributed by atoms with Gasteiger partial charge in [-0.15, -0.1) is 0 Å². The molecule has 2 fully saturated rings. The predicted octanol–water partition coefficient (Wildman–Crippen LogP) is 6.35. The number of para-hydroxylation sites is 1. The normalized spacial score (nSPS) is 16.5. The van der Waals surface area contributed by atoms with Crippen molar-refractivity contribution in [3.63, 3.8) is 0 Å². The zero-order valence-corrected chi connectivity index (χ0v) is 30.7. The first kappa shape index (κ1) is 35.7. The van der Waals surface area contributed by atoms with Crippen molar-refractivity contribution in [1.29, 1.82) is 0 Å². The topological polar surface area (TPSA) is 125 Å². The average molecular weight is 699 g/mol. The molecule has 48 heavy (non-hydrogen) atoms. The lowest BCUT2D eigenvalue weighted by Gasteiger charge is -2.43. The molecule has 5 rings (SSSR count). The van der Waals surface area contributed by atoms with Crippen LogP contribution < -0.4 is 25.6 Å². The molecule has 1 amide bonds. The van der Waals surface area contributed by atoms with Gasteiger partial charge in [0.1, 0.15) is 29.3 Å². The first-order valence-corrected chi connectivity index (χ1v) is 19.5. The molecular weight excluding hydrogens is 651 g/mol. The van der Waals surface area contributed by atoms with Crippen LogP contribution in [0.2, 0.25) is 5.02 Å². The van der Waals surface area contributed by atoms with E-state index in [2.05, 4.69) is 37.3 Å². The van der Waals surface area contributed by atoms with E-state index in [-0.39, 0.29) is 6.09 Å². The lowest BCUT2D eigenvalue weighted by molar-refractivity contribution is 0.00900. The number of hydrogen-bond acceptors (Lipinski definition) is 11. The zero-order chi connectivity index (χ0) is 34.6. The number of piperazine rings is 1. The number of piperidine rings is 1. The molecule has 2 aliphatic rings. The number of ether oxygens (including phenoxy) is 2.